The molecule has 5 nitrogen and oxygen atoms in total. The van der Waals surface area contributed by atoms with E-state index in [1.54, 1.807) is 24.4 Å². The first-order valence-corrected chi connectivity index (χ1v) is 11.7. The number of aromatic amines is 1. The summed E-state index contributed by atoms with van der Waals surface area (Å²) in [6.45, 7) is 1.24. The van der Waals surface area contributed by atoms with Crippen molar-refractivity contribution in [2.24, 2.45) is 0 Å². The molecule has 1 atom stereocenters. The van der Waals surface area contributed by atoms with E-state index in [4.69, 9.17) is 37.4 Å². The lowest BCUT2D eigenvalue weighted by Crippen LogP contribution is -2.40. The quantitative estimate of drug-likeness (QED) is 0.391. The standard InChI is InChI=1S/C22H21Cl2FN2O3S/c23-15-4-5-18(21-20(15)16(24)12-26-21)27-31-19-6-3-13(10-17(19)25)30-14-2-1-7-22(11-14)28-8-9-29-22/h3-6,10,12,14,26-27H,1-2,7-9,11H2. The maximum atomic E-state index is 14.7. The van der Waals surface area contributed by atoms with Gasteiger partial charge in [0.15, 0.2) is 5.79 Å². The van der Waals surface area contributed by atoms with Crippen molar-refractivity contribution in [1.29, 1.82) is 0 Å². The highest BCUT2D eigenvalue weighted by Crippen LogP contribution is 2.39. The Kier molecular flexibility index (Phi) is 5.96. The number of fused-ring (bicyclic) bond motifs is 1. The van der Waals surface area contributed by atoms with Gasteiger partial charge in [0.1, 0.15) is 17.7 Å². The van der Waals surface area contributed by atoms with Gasteiger partial charge in [-0.1, -0.05) is 23.2 Å². The van der Waals surface area contributed by atoms with Crippen LogP contribution in [0.25, 0.3) is 10.9 Å². The molecule has 2 aliphatic rings. The van der Waals surface area contributed by atoms with Gasteiger partial charge >= 0.3 is 0 Å². The van der Waals surface area contributed by atoms with Gasteiger partial charge in [0.2, 0.25) is 0 Å². The molecule has 1 aliphatic carbocycles. The minimum atomic E-state index is -0.522. The molecule has 0 radical (unpaired) electrons. The smallest absolute Gasteiger partial charge is 0.172 e. The summed E-state index contributed by atoms with van der Waals surface area (Å²) in [5.74, 6) is -0.373. The van der Waals surface area contributed by atoms with Gasteiger partial charge in [-0.15, -0.1) is 0 Å². The maximum absolute atomic E-state index is 14.7. The molecule has 1 aromatic heterocycles. The Bertz CT molecular complexity index is 1100. The number of H-pyrrole nitrogens is 1. The molecule has 1 saturated heterocycles. The minimum Gasteiger partial charge on any atom is -0.490 e. The number of halogens is 3. The Balaban J connectivity index is 1.25. The number of benzene rings is 2. The van der Waals surface area contributed by atoms with E-state index in [-0.39, 0.29) is 11.9 Å². The average Bonchev–Trinajstić information content (AvgIpc) is 3.36. The topological polar surface area (TPSA) is 55.5 Å². The lowest BCUT2D eigenvalue weighted by Gasteiger charge is -2.36. The van der Waals surface area contributed by atoms with Crippen LogP contribution >= 0.6 is 35.1 Å². The molecule has 164 valence electrons. The fourth-order valence-corrected chi connectivity index (χ4v) is 5.44. The van der Waals surface area contributed by atoms with Crippen LogP contribution in [0.2, 0.25) is 10.0 Å². The third-order valence-electron chi connectivity index (χ3n) is 5.65. The molecule has 0 bridgehead atoms. The van der Waals surface area contributed by atoms with E-state index in [0.717, 1.165) is 35.9 Å². The van der Waals surface area contributed by atoms with E-state index in [2.05, 4.69) is 9.71 Å². The fraction of sp³-hybridized carbons (Fsp3) is 0.364. The summed E-state index contributed by atoms with van der Waals surface area (Å²) in [5, 5.41) is 1.83. The molecule has 2 heterocycles. The van der Waals surface area contributed by atoms with E-state index in [0.29, 0.717) is 40.3 Å². The first kappa shape index (κ1) is 21.2. The maximum Gasteiger partial charge on any atom is 0.172 e. The van der Waals surface area contributed by atoms with E-state index >= 15 is 0 Å². The number of ether oxygens (including phenoxy) is 3. The predicted molar refractivity (Wildman–Crippen MR) is 122 cm³/mol. The van der Waals surface area contributed by atoms with Gasteiger partial charge in [-0.2, -0.15) is 0 Å². The van der Waals surface area contributed by atoms with Crippen LogP contribution in [0.1, 0.15) is 25.7 Å². The molecule has 1 saturated carbocycles. The lowest BCUT2D eigenvalue weighted by molar-refractivity contribution is -0.192. The van der Waals surface area contributed by atoms with Crippen molar-refractivity contribution < 1.29 is 18.6 Å². The summed E-state index contributed by atoms with van der Waals surface area (Å²) < 4.78 is 35.6. The van der Waals surface area contributed by atoms with Gasteiger partial charge < -0.3 is 23.9 Å². The third-order valence-corrected chi connectivity index (χ3v) is 7.14. The monoisotopic (exact) mass is 482 g/mol. The highest BCUT2D eigenvalue weighted by Gasteiger charge is 2.42. The third kappa shape index (κ3) is 4.34. The summed E-state index contributed by atoms with van der Waals surface area (Å²) in [5.41, 5.74) is 1.54. The summed E-state index contributed by atoms with van der Waals surface area (Å²) in [6.07, 6.45) is 5.04. The first-order chi connectivity index (χ1) is 15.0. The summed E-state index contributed by atoms with van der Waals surface area (Å²) in [6, 6.07) is 8.50. The Hall–Kier alpha value is -1.64. The number of aromatic nitrogens is 1. The highest BCUT2D eigenvalue weighted by atomic mass is 35.5. The van der Waals surface area contributed by atoms with Crippen LogP contribution in [0.15, 0.2) is 41.4 Å². The van der Waals surface area contributed by atoms with Gasteiger partial charge in [-0.3, -0.25) is 0 Å². The van der Waals surface area contributed by atoms with Crippen molar-refractivity contribution in [3.8, 4) is 5.75 Å². The number of hydrogen-bond donors (Lipinski definition) is 2. The second-order valence-electron chi connectivity index (χ2n) is 7.72. The first-order valence-electron chi connectivity index (χ1n) is 10.2. The van der Waals surface area contributed by atoms with Crippen LogP contribution in [0.4, 0.5) is 10.1 Å². The van der Waals surface area contributed by atoms with E-state index in [1.807, 2.05) is 6.07 Å². The second-order valence-corrected chi connectivity index (χ2v) is 9.38. The molecule has 1 unspecified atom stereocenters. The normalized spacial score (nSPS) is 20.4. The minimum absolute atomic E-state index is 0.0529. The Morgan fingerprint density at radius 2 is 2.00 bits per heavy atom. The zero-order chi connectivity index (χ0) is 21.4. The van der Waals surface area contributed by atoms with Gasteiger partial charge in [0.25, 0.3) is 0 Å². The van der Waals surface area contributed by atoms with Crippen LogP contribution in [-0.2, 0) is 9.47 Å². The molecule has 9 heteroatoms. The lowest BCUT2D eigenvalue weighted by atomic mass is 9.91. The van der Waals surface area contributed by atoms with E-state index < -0.39 is 5.79 Å². The molecular formula is C22H21Cl2FN2O3S. The van der Waals surface area contributed by atoms with Crippen LogP contribution in [0.3, 0.4) is 0 Å². The zero-order valence-corrected chi connectivity index (χ0v) is 18.9. The molecule has 5 rings (SSSR count). The van der Waals surface area contributed by atoms with E-state index in [9.17, 15) is 4.39 Å². The van der Waals surface area contributed by atoms with Crippen molar-refractivity contribution in [3.05, 3.63) is 52.4 Å². The van der Waals surface area contributed by atoms with Crippen molar-refractivity contribution in [2.75, 3.05) is 17.9 Å². The van der Waals surface area contributed by atoms with Gasteiger partial charge in [0.05, 0.1) is 39.4 Å². The molecule has 1 spiro atoms. The molecule has 1 aliphatic heterocycles. The SMILES string of the molecule is Fc1cc(OC2CCCC3(C2)OCCO3)ccc1SNc1ccc(Cl)c2c(Cl)c[nH]c12. The van der Waals surface area contributed by atoms with Crippen molar-refractivity contribution >= 4 is 51.7 Å². The molecular weight excluding hydrogens is 462 g/mol. The second kappa shape index (κ2) is 8.71. The van der Waals surface area contributed by atoms with Crippen LogP contribution in [0.5, 0.6) is 5.75 Å². The van der Waals surface area contributed by atoms with Crippen molar-refractivity contribution in [3.63, 3.8) is 0 Å². The van der Waals surface area contributed by atoms with Crippen LogP contribution in [0, 0.1) is 5.82 Å². The largest absolute Gasteiger partial charge is 0.490 e. The number of hydrogen-bond acceptors (Lipinski definition) is 5. The molecule has 2 fully saturated rings. The molecule has 31 heavy (non-hydrogen) atoms. The van der Waals surface area contributed by atoms with Crippen LogP contribution in [-0.4, -0.2) is 30.1 Å². The molecule has 0 amide bonds. The van der Waals surface area contributed by atoms with Crippen molar-refractivity contribution in [1.82, 2.24) is 4.98 Å². The molecule has 2 N–H and O–H groups in total. The predicted octanol–water partition coefficient (Wildman–Crippen LogP) is 6.80. The molecule has 3 aromatic rings. The molecule has 2 aromatic carbocycles. The fourth-order valence-electron chi connectivity index (χ4n) is 4.20. The summed E-state index contributed by atoms with van der Waals surface area (Å²) >= 11 is 13.6. The average molecular weight is 483 g/mol. The van der Waals surface area contributed by atoms with E-state index in [1.165, 1.54) is 18.0 Å². The summed E-state index contributed by atoms with van der Waals surface area (Å²) in [7, 11) is 0. The summed E-state index contributed by atoms with van der Waals surface area (Å²) in [4.78, 5) is 3.55. The van der Waals surface area contributed by atoms with Gasteiger partial charge in [-0.05, 0) is 49.1 Å². The van der Waals surface area contributed by atoms with Crippen molar-refractivity contribution in [2.45, 2.75) is 42.5 Å². The Morgan fingerprint density at radius 1 is 1.16 bits per heavy atom. The Morgan fingerprint density at radius 3 is 2.81 bits per heavy atom. The number of rotatable bonds is 5. The van der Waals surface area contributed by atoms with Gasteiger partial charge in [0, 0.05) is 30.5 Å². The van der Waals surface area contributed by atoms with Gasteiger partial charge in [-0.25, -0.2) is 4.39 Å². The highest BCUT2D eigenvalue weighted by molar-refractivity contribution is 8.00. The van der Waals surface area contributed by atoms with Crippen LogP contribution < -0.4 is 9.46 Å². The number of anilines is 1. The zero-order valence-electron chi connectivity index (χ0n) is 16.6. The number of nitrogens with one attached hydrogen (secondary N) is 2. The Labute approximate surface area is 193 Å².